The number of hydrogen-bond donors (Lipinski definition) is 5. The molecule has 19 heavy (non-hydrogen) atoms. The van der Waals surface area contributed by atoms with Crippen molar-refractivity contribution in [3.05, 3.63) is 35.9 Å². The molecule has 0 spiro atoms. The van der Waals surface area contributed by atoms with E-state index >= 15 is 0 Å². The van der Waals surface area contributed by atoms with E-state index in [2.05, 4.69) is 0 Å². The Bertz CT molecular complexity index is 344. The summed E-state index contributed by atoms with van der Waals surface area (Å²) in [5.41, 5.74) is 0.917. The lowest BCUT2D eigenvalue weighted by atomic mass is 10.0. The summed E-state index contributed by atoms with van der Waals surface area (Å²) >= 11 is 0. The zero-order chi connectivity index (χ0) is 14.3. The predicted molar refractivity (Wildman–Crippen MR) is 67.2 cm³/mol. The molecule has 0 radical (unpaired) electrons. The van der Waals surface area contributed by atoms with Crippen molar-refractivity contribution in [2.24, 2.45) is 0 Å². The van der Waals surface area contributed by atoms with Gasteiger partial charge < -0.3 is 30.3 Å². The summed E-state index contributed by atoms with van der Waals surface area (Å²) in [6.07, 6.45) is -6.06. The normalized spacial score (nSPS) is 17.7. The van der Waals surface area contributed by atoms with E-state index in [0.29, 0.717) is 0 Å². The number of aliphatic hydroxyl groups is 5. The third-order valence-corrected chi connectivity index (χ3v) is 2.73. The lowest BCUT2D eigenvalue weighted by Gasteiger charge is -2.25. The average Bonchev–Trinajstić information content (AvgIpc) is 2.45. The topological polar surface area (TPSA) is 110 Å². The summed E-state index contributed by atoms with van der Waals surface area (Å²) in [7, 11) is 0. The first-order valence-corrected chi connectivity index (χ1v) is 6.01. The molecule has 0 saturated carbocycles. The van der Waals surface area contributed by atoms with E-state index in [1.165, 1.54) is 0 Å². The predicted octanol–water partition coefficient (Wildman–Crippen LogP) is -1.36. The van der Waals surface area contributed by atoms with Crippen molar-refractivity contribution < 1.29 is 30.3 Å². The molecule has 0 unspecified atom stereocenters. The first kappa shape index (κ1) is 16.0. The number of benzene rings is 1. The van der Waals surface area contributed by atoms with Gasteiger partial charge in [0.25, 0.3) is 0 Å². The van der Waals surface area contributed by atoms with Gasteiger partial charge in [-0.05, 0) is 5.56 Å². The molecule has 1 aromatic rings. The van der Waals surface area contributed by atoms with Crippen LogP contribution in [0.2, 0.25) is 0 Å². The Kier molecular flexibility index (Phi) is 6.93. The summed E-state index contributed by atoms with van der Waals surface area (Å²) < 4.78 is 5.20. The Labute approximate surface area is 111 Å². The van der Waals surface area contributed by atoms with Gasteiger partial charge in [0.1, 0.15) is 24.4 Å². The Morgan fingerprint density at radius 2 is 1.47 bits per heavy atom. The van der Waals surface area contributed by atoms with Crippen LogP contribution in [0.1, 0.15) is 5.56 Å². The Morgan fingerprint density at radius 3 is 2.05 bits per heavy atom. The van der Waals surface area contributed by atoms with E-state index in [9.17, 15) is 15.3 Å². The highest BCUT2D eigenvalue weighted by Crippen LogP contribution is 2.07. The maximum atomic E-state index is 9.58. The van der Waals surface area contributed by atoms with Crippen LogP contribution < -0.4 is 0 Å². The van der Waals surface area contributed by atoms with Crippen LogP contribution in [0.5, 0.6) is 0 Å². The van der Waals surface area contributed by atoms with Crippen LogP contribution in [0.25, 0.3) is 0 Å². The molecule has 6 nitrogen and oxygen atoms in total. The van der Waals surface area contributed by atoms with Crippen LogP contribution in [0, 0.1) is 0 Å². The highest BCUT2D eigenvalue weighted by atomic mass is 16.5. The smallest absolute Gasteiger partial charge is 0.111 e. The van der Waals surface area contributed by atoms with E-state index in [-0.39, 0.29) is 13.2 Å². The second kappa shape index (κ2) is 8.21. The van der Waals surface area contributed by atoms with E-state index in [4.69, 9.17) is 14.9 Å². The highest BCUT2D eigenvalue weighted by molar-refractivity contribution is 5.13. The van der Waals surface area contributed by atoms with Crippen molar-refractivity contribution in [3.63, 3.8) is 0 Å². The van der Waals surface area contributed by atoms with Gasteiger partial charge in [0.05, 0.1) is 19.8 Å². The summed E-state index contributed by atoms with van der Waals surface area (Å²) in [6, 6.07) is 9.28. The van der Waals surface area contributed by atoms with E-state index < -0.39 is 31.0 Å². The maximum absolute atomic E-state index is 9.58. The van der Waals surface area contributed by atoms with Gasteiger partial charge in [-0.25, -0.2) is 0 Å². The largest absolute Gasteiger partial charge is 0.394 e. The fourth-order valence-electron chi connectivity index (χ4n) is 1.53. The molecule has 1 rings (SSSR count). The molecule has 0 heterocycles. The molecule has 0 aliphatic rings. The van der Waals surface area contributed by atoms with Gasteiger partial charge in [0.2, 0.25) is 0 Å². The molecule has 0 bridgehead atoms. The van der Waals surface area contributed by atoms with Crippen molar-refractivity contribution in [3.8, 4) is 0 Å². The zero-order valence-corrected chi connectivity index (χ0v) is 10.5. The first-order chi connectivity index (χ1) is 9.06. The number of hydrogen-bond acceptors (Lipinski definition) is 6. The van der Waals surface area contributed by atoms with Crippen LogP contribution in [0.15, 0.2) is 30.3 Å². The van der Waals surface area contributed by atoms with Crippen LogP contribution in [0.3, 0.4) is 0 Å². The van der Waals surface area contributed by atoms with Crippen molar-refractivity contribution in [1.29, 1.82) is 0 Å². The van der Waals surface area contributed by atoms with Gasteiger partial charge in [0, 0.05) is 0 Å². The van der Waals surface area contributed by atoms with E-state index in [1.807, 2.05) is 30.3 Å². The fourth-order valence-corrected chi connectivity index (χ4v) is 1.53. The summed E-state index contributed by atoms with van der Waals surface area (Å²) in [5, 5.41) is 46.3. The molecule has 108 valence electrons. The summed E-state index contributed by atoms with van der Waals surface area (Å²) in [5.74, 6) is 0. The Balaban J connectivity index is 2.32. The standard InChI is InChI=1S/C13H20O6/c14-6-10(15)12(17)13(18)11(16)8-19-7-9-4-2-1-3-5-9/h1-5,10-18H,6-8H2/t10-,11+,12-,13-/m1/s1. The SMILES string of the molecule is OC[C@@H](O)[C@@H](O)[C@H](O)[C@@H](O)COCc1ccccc1. The van der Waals surface area contributed by atoms with Gasteiger partial charge in [-0.1, -0.05) is 30.3 Å². The monoisotopic (exact) mass is 272 g/mol. The molecule has 4 atom stereocenters. The minimum absolute atomic E-state index is 0.189. The number of ether oxygens (including phenoxy) is 1. The van der Waals surface area contributed by atoms with Crippen LogP contribution in [-0.2, 0) is 11.3 Å². The molecule has 6 heteroatoms. The lowest BCUT2D eigenvalue weighted by Crippen LogP contribution is -2.47. The molecule has 0 aromatic heterocycles. The van der Waals surface area contributed by atoms with Crippen molar-refractivity contribution in [1.82, 2.24) is 0 Å². The molecule has 0 saturated heterocycles. The third-order valence-electron chi connectivity index (χ3n) is 2.73. The molecule has 1 aromatic carbocycles. The fraction of sp³-hybridized carbons (Fsp3) is 0.538. The Hall–Kier alpha value is -1.02. The average molecular weight is 272 g/mol. The molecule has 0 amide bonds. The summed E-state index contributed by atoms with van der Waals surface area (Å²) in [4.78, 5) is 0. The van der Waals surface area contributed by atoms with Gasteiger partial charge in [-0.3, -0.25) is 0 Å². The quantitative estimate of drug-likeness (QED) is 0.400. The van der Waals surface area contributed by atoms with E-state index in [0.717, 1.165) is 5.56 Å². The first-order valence-electron chi connectivity index (χ1n) is 6.01. The van der Waals surface area contributed by atoms with Gasteiger partial charge in [-0.2, -0.15) is 0 Å². The second-order valence-corrected chi connectivity index (χ2v) is 4.30. The van der Waals surface area contributed by atoms with Crippen LogP contribution >= 0.6 is 0 Å². The van der Waals surface area contributed by atoms with Crippen molar-refractivity contribution >= 4 is 0 Å². The molecular weight excluding hydrogens is 252 g/mol. The van der Waals surface area contributed by atoms with E-state index in [1.54, 1.807) is 0 Å². The molecule has 0 aliphatic heterocycles. The van der Waals surface area contributed by atoms with Crippen LogP contribution in [0.4, 0.5) is 0 Å². The molecular formula is C13H20O6. The zero-order valence-electron chi connectivity index (χ0n) is 10.5. The molecule has 0 fully saturated rings. The Morgan fingerprint density at radius 1 is 0.895 bits per heavy atom. The van der Waals surface area contributed by atoms with Gasteiger partial charge in [0.15, 0.2) is 0 Å². The second-order valence-electron chi connectivity index (χ2n) is 4.30. The van der Waals surface area contributed by atoms with Crippen molar-refractivity contribution in [2.75, 3.05) is 13.2 Å². The number of rotatable bonds is 8. The minimum Gasteiger partial charge on any atom is -0.394 e. The van der Waals surface area contributed by atoms with Gasteiger partial charge in [-0.15, -0.1) is 0 Å². The minimum atomic E-state index is -1.62. The maximum Gasteiger partial charge on any atom is 0.111 e. The highest BCUT2D eigenvalue weighted by Gasteiger charge is 2.29. The molecule has 5 N–H and O–H groups in total. The summed E-state index contributed by atoms with van der Waals surface area (Å²) in [6.45, 7) is -0.621. The van der Waals surface area contributed by atoms with Crippen molar-refractivity contribution in [2.45, 2.75) is 31.0 Å². The third kappa shape index (κ3) is 5.23. The lowest BCUT2D eigenvalue weighted by molar-refractivity contribution is -0.130. The molecule has 0 aliphatic carbocycles. The number of aliphatic hydroxyl groups excluding tert-OH is 5. The van der Waals surface area contributed by atoms with Crippen LogP contribution in [-0.4, -0.2) is 63.2 Å². The van der Waals surface area contributed by atoms with Gasteiger partial charge >= 0.3 is 0 Å².